The summed E-state index contributed by atoms with van der Waals surface area (Å²) in [5.74, 6) is -0.691. The molecule has 4 heteroatoms. The molecular weight excluding hydrogens is 219 g/mol. The zero-order chi connectivity index (χ0) is 12.4. The van der Waals surface area contributed by atoms with Gasteiger partial charge in [0.25, 0.3) is 0 Å². The Labute approximate surface area is 98.9 Å². The summed E-state index contributed by atoms with van der Waals surface area (Å²) in [7, 11) is 1.78. The second-order valence-electron chi connectivity index (χ2n) is 4.11. The molecule has 0 N–H and O–H groups in total. The van der Waals surface area contributed by atoms with Gasteiger partial charge < -0.3 is 0 Å². The Balaban J connectivity index is 2.22. The lowest BCUT2D eigenvalue weighted by molar-refractivity contribution is 0.0989. The molecule has 2 aromatic rings. The number of aromatic nitrogens is 2. The van der Waals surface area contributed by atoms with Crippen molar-refractivity contribution in [1.29, 1.82) is 0 Å². The molecule has 17 heavy (non-hydrogen) atoms. The Morgan fingerprint density at radius 2 is 2.24 bits per heavy atom. The maximum Gasteiger partial charge on any atom is 0.170 e. The molecule has 1 heterocycles. The van der Waals surface area contributed by atoms with Crippen LogP contribution < -0.4 is 0 Å². The lowest BCUT2D eigenvalue weighted by Crippen LogP contribution is -2.06. The van der Waals surface area contributed by atoms with Crippen molar-refractivity contribution in [3.8, 4) is 0 Å². The first-order chi connectivity index (χ1) is 8.06. The fourth-order valence-corrected chi connectivity index (χ4v) is 1.70. The minimum Gasteiger partial charge on any atom is -0.294 e. The summed E-state index contributed by atoms with van der Waals surface area (Å²) >= 11 is 0. The van der Waals surface area contributed by atoms with E-state index in [9.17, 15) is 9.18 Å². The smallest absolute Gasteiger partial charge is 0.170 e. The summed E-state index contributed by atoms with van der Waals surface area (Å²) in [4.78, 5) is 11.9. The standard InChI is InChI=1S/C13H13FN2O/c1-9-3-4-12(14)11(5-9)13(17)6-10-7-15-16(2)8-10/h3-5,7-8H,6H2,1-2H3. The van der Waals surface area contributed by atoms with Gasteiger partial charge in [-0.1, -0.05) is 11.6 Å². The molecule has 0 radical (unpaired) electrons. The summed E-state index contributed by atoms with van der Waals surface area (Å²) in [5, 5.41) is 3.97. The van der Waals surface area contributed by atoms with Gasteiger partial charge in [0.15, 0.2) is 5.78 Å². The van der Waals surface area contributed by atoms with E-state index in [1.807, 2.05) is 6.92 Å². The highest BCUT2D eigenvalue weighted by Crippen LogP contribution is 2.13. The first-order valence-electron chi connectivity index (χ1n) is 5.33. The second-order valence-corrected chi connectivity index (χ2v) is 4.11. The lowest BCUT2D eigenvalue weighted by Gasteiger charge is -2.02. The van der Waals surface area contributed by atoms with E-state index in [2.05, 4.69) is 5.10 Å². The summed E-state index contributed by atoms with van der Waals surface area (Å²) < 4.78 is 15.1. The van der Waals surface area contributed by atoms with Crippen LogP contribution in [-0.4, -0.2) is 15.6 Å². The van der Waals surface area contributed by atoms with E-state index in [0.29, 0.717) is 0 Å². The van der Waals surface area contributed by atoms with Gasteiger partial charge in [0.1, 0.15) is 5.82 Å². The monoisotopic (exact) mass is 232 g/mol. The van der Waals surface area contributed by atoms with Crippen LogP contribution in [0.4, 0.5) is 4.39 Å². The van der Waals surface area contributed by atoms with Crippen LogP contribution in [0.15, 0.2) is 30.6 Å². The first-order valence-corrected chi connectivity index (χ1v) is 5.33. The number of benzene rings is 1. The number of hydrogen-bond acceptors (Lipinski definition) is 2. The normalized spacial score (nSPS) is 10.5. The maximum absolute atomic E-state index is 13.5. The molecule has 88 valence electrons. The topological polar surface area (TPSA) is 34.9 Å². The Morgan fingerprint density at radius 3 is 2.88 bits per heavy atom. The average molecular weight is 232 g/mol. The number of ketones is 1. The molecule has 0 aliphatic rings. The van der Waals surface area contributed by atoms with Crippen LogP contribution in [0.3, 0.4) is 0 Å². The molecule has 0 spiro atoms. The Morgan fingerprint density at radius 1 is 1.47 bits per heavy atom. The average Bonchev–Trinajstić information content (AvgIpc) is 2.67. The van der Waals surface area contributed by atoms with Crippen molar-refractivity contribution >= 4 is 5.78 Å². The third-order valence-corrected chi connectivity index (χ3v) is 2.55. The van der Waals surface area contributed by atoms with Crippen LogP contribution >= 0.6 is 0 Å². The van der Waals surface area contributed by atoms with Crippen molar-refractivity contribution < 1.29 is 9.18 Å². The number of nitrogens with zero attached hydrogens (tertiary/aromatic N) is 2. The fourth-order valence-electron chi connectivity index (χ4n) is 1.70. The van der Waals surface area contributed by atoms with Gasteiger partial charge >= 0.3 is 0 Å². The Bertz CT molecular complexity index is 560. The molecule has 0 amide bonds. The van der Waals surface area contributed by atoms with Crippen molar-refractivity contribution in [1.82, 2.24) is 9.78 Å². The largest absolute Gasteiger partial charge is 0.294 e. The summed E-state index contributed by atoms with van der Waals surface area (Å²) in [6, 6.07) is 4.55. The van der Waals surface area contributed by atoms with Gasteiger partial charge in [-0.25, -0.2) is 4.39 Å². The van der Waals surface area contributed by atoms with Crippen LogP contribution in [0, 0.1) is 12.7 Å². The third kappa shape index (κ3) is 2.58. The van der Waals surface area contributed by atoms with E-state index in [0.717, 1.165) is 11.1 Å². The van der Waals surface area contributed by atoms with Crippen molar-refractivity contribution in [3.05, 3.63) is 53.1 Å². The van der Waals surface area contributed by atoms with E-state index in [-0.39, 0.29) is 17.8 Å². The van der Waals surface area contributed by atoms with Crippen LogP contribution in [0.2, 0.25) is 0 Å². The third-order valence-electron chi connectivity index (χ3n) is 2.55. The molecule has 0 unspecified atom stereocenters. The molecule has 0 aliphatic heterocycles. The second kappa shape index (κ2) is 4.49. The SMILES string of the molecule is Cc1ccc(F)c(C(=O)Cc2cnn(C)c2)c1. The predicted octanol–water partition coefficient (Wildman–Crippen LogP) is 2.29. The number of hydrogen-bond donors (Lipinski definition) is 0. The number of Topliss-reactive ketones (excluding diaryl/α,β-unsaturated/α-hetero) is 1. The zero-order valence-corrected chi connectivity index (χ0v) is 9.77. The molecule has 3 nitrogen and oxygen atoms in total. The highest BCUT2D eigenvalue weighted by Gasteiger charge is 2.13. The molecule has 0 bridgehead atoms. The van der Waals surface area contributed by atoms with Crippen molar-refractivity contribution in [2.75, 3.05) is 0 Å². The van der Waals surface area contributed by atoms with Gasteiger partial charge in [-0.15, -0.1) is 0 Å². The fraction of sp³-hybridized carbons (Fsp3) is 0.231. The number of aryl methyl sites for hydroxylation is 2. The van der Waals surface area contributed by atoms with Crippen LogP contribution in [0.25, 0.3) is 0 Å². The van der Waals surface area contributed by atoms with Gasteiger partial charge in [-0.05, 0) is 24.6 Å². The summed E-state index contributed by atoms with van der Waals surface area (Å²) in [5.41, 5.74) is 1.81. The molecule has 2 rings (SSSR count). The highest BCUT2D eigenvalue weighted by atomic mass is 19.1. The van der Waals surface area contributed by atoms with Crippen LogP contribution in [-0.2, 0) is 13.5 Å². The van der Waals surface area contributed by atoms with Crippen LogP contribution in [0.1, 0.15) is 21.5 Å². The van der Waals surface area contributed by atoms with Gasteiger partial charge in [0.05, 0.1) is 11.8 Å². The first kappa shape index (κ1) is 11.5. The highest BCUT2D eigenvalue weighted by molar-refractivity contribution is 5.97. The summed E-state index contributed by atoms with van der Waals surface area (Å²) in [6.07, 6.45) is 3.55. The van der Waals surface area contributed by atoms with Gasteiger partial charge in [0.2, 0.25) is 0 Å². The molecule has 0 saturated carbocycles. The minimum atomic E-state index is -0.468. The molecule has 1 aromatic carbocycles. The molecule has 0 aliphatic carbocycles. The molecule has 1 aromatic heterocycles. The predicted molar refractivity (Wildman–Crippen MR) is 62.4 cm³/mol. The minimum absolute atomic E-state index is 0.147. The van der Waals surface area contributed by atoms with Gasteiger partial charge in [0, 0.05) is 19.7 Å². The van der Waals surface area contributed by atoms with Crippen molar-refractivity contribution in [2.45, 2.75) is 13.3 Å². The quantitative estimate of drug-likeness (QED) is 0.761. The number of halogens is 1. The zero-order valence-electron chi connectivity index (χ0n) is 9.77. The van der Waals surface area contributed by atoms with Gasteiger partial charge in [-0.3, -0.25) is 9.48 Å². The van der Waals surface area contributed by atoms with E-state index in [1.165, 1.54) is 6.07 Å². The van der Waals surface area contributed by atoms with Gasteiger partial charge in [-0.2, -0.15) is 5.10 Å². The molecule has 0 saturated heterocycles. The van der Waals surface area contributed by atoms with E-state index in [1.54, 1.807) is 36.3 Å². The van der Waals surface area contributed by atoms with E-state index >= 15 is 0 Å². The van der Waals surface area contributed by atoms with Crippen LogP contribution in [0.5, 0.6) is 0 Å². The van der Waals surface area contributed by atoms with Crippen molar-refractivity contribution in [3.63, 3.8) is 0 Å². The van der Waals surface area contributed by atoms with Crippen molar-refractivity contribution in [2.24, 2.45) is 7.05 Å². The molecule has 0 atom stereocenters. The number of carbonyl (C=O) groups excluding carboxylic acids is 1. The van der Waals surface area contributed by atoms with E-state index < -0.39 is 5.82 Å². The number of rotatable bonds is 3. The maximum atomic E-state index is 13.5. The summed E-state index contributed by atoms with van der Waals surface area (Å²) in [6.45, 7) is 1.83. The lowest BCUT2D eigenvalue weighted by atomic mass is 10.0. The Hall–Kier alpha value is -1.97. The molecular formula is C13H13FN2O. The Kier molecular flexibility index (Phi) is 3.04. The molecule has 0 fully saturated rings. The number of carbonyl (C=O) groups is 1. The van der Waals surface area contributed by atoms with E-state index in [4.69, 9.17) is 0 Å².